The first kappa shape index (κ1) is 16.8. The maximum atomic E-state index is 12.3. The fourth-order valence-corrected chi connectivity index (χ4v) is 3.55. The Balaban J connectivity index is 2.41. The second kappa shape index (κ2) is 6.71. The van der Waals surface area contributed by atoms with Crippen LogP contribution in [0.4, 0.5) is 0 Å². The van der Waals surface area contributed by atoms with Gasteiger partial charge in [0.2, 0.25) is 3.79 Å². The van der Waals surface area contributed by atoms with Crippen LogP contribution in [-0.4, -0.2) is 49.2 Å². The number of benzene rings is 1. The number of halogens is 3. The first-order chi connectivity index (χ1) is 9.81. The van der Waals surface area contributed by atoms with E-state index in [1.807, 2.05) is 0 Å². The molecule has 0 amide bonds. The number of rotatable bonds is 2. The van der Waals surface area contributed by atoms with Crippen molar-refractivity contribution in [2.45, 2.75) is 8.69 Å². The second-order valence-corrected chi connectivity index (χ2v) is 8.19. The van der Waals surface area contributed by atoms with Crippen LogP contribution in [0, 0.1) is 0 Å². The van der Waals surface area contributed by atoms with E-state index in [-0.39, 0.29) is 10.7 Å². The Morgan fingerprint density at radius 3 is 2.24 bits per heavy atom. The molecule has 1 aromatic rings. The first-order valence-electron chi connectivity index (χ1n) is 6.10. The van der Waals surface area contributed by atoms with Crippen LogP contribution < -0.4 is 0 Å². The van der Waals surface area contributed by atoms with Crippen LogP contribution in [0.5, 0.6) is 0 Å². The zero-order valence-electron chi connectivity index (χ0n) is 10.9. The number of sulfonamides is 1. The largest absolute Gasteiger partial charge is 0.378 e. The van der Waals surface area contributed by atoms with Crippen molar-refractivity contribution < 1.29 is 13.2 Å². The topological polar surface area (TPSA) is 59.0 Å². The highest BCUT2D eigenvalue weighted by Crippen LogP contribution is 2.31. The summed E-state index contributed by atoms with van der Waals surface area (Å²) in [5, 5.41) is 0. The van der Waals surface area contributed by atoms with E-state index in [2.05, 4.69) is 4.40 Å². The molecule has 116 valence electrons. The third-order valence-electron chi connectivity index (χ3n) is 2.81. The predicted molar refractivity (Wildman–Crippen MR) is 83.7 cm³/mol. The van der Waals surface area contributed by atoms with Gasteiger partial charge < -0.3 is 9.64 Å². The van der Waals surface area contributed by atoms with Gasteiger partial charge in [-0.25, -0.2) is 0 Å². The minimum absolute atomic E-state index is 0.0463. The second-order valence-electron chi connectivity index (χ2n) is 4.30. The van der Waals surface area contributed by atoms with Crippen LogP contribution in [0.2, 0.25) is 0 Å². The number of amidine groups is 1. The maximum absolute atomic E-state index is 12.3. The van der Waals surface area contributed by atoms with E-state index >= 15 is 0 Å². The van der Waals surface area contributed by atoms with Crippen LogP contribution in [-0.2, 0) is 14.8 Å². The lowest BCUT2D eigenvalue weighted by Crippen LogP contribution is -2.46. The fourth-order valence-electron chi connectivity index (χ4n) is 1.82. The summed E-state index contributed by atoms with van der Waals surface area (Å²) in [6.45, 7) is 1.67. The first-order valence-corrected chi connectivity index (χ1v) is 8.68. The molecule has 1 aliphatic heterocycles. The van der Waals surface area contributed by atoms with Crippen LogP contribution in [0.3, 0.4) is 0 Å². The number of nitrogens with zero attached hydrogens (tertiary/aromatic N) is 2. The third-order valence-corrected chi connectivity index (χ3v) is 4.60. The molecule has 1 saturated heterocycles. The molecule has 0 unspecified atom stereocenters. The van der Waals surface area contributed by atoms with E-state index in [0.29, 0.717) is 26.3 Å². The number of morpholine rings is 1. The molecule has 2 rings (SSSR count). The molecule has 5 nitrogen and oxygen atoms in total. The van der Waals surface area contributed by atoms with Crippen molar-refractivity contribution >= 4 is 50.7 Å². The highest BCUT2D eigenvalue weighted by atomic mass is 35.6. The van der Waals surface area contributed by atoms with Gasteiger partial charge in [0.1, 0.15) is 0 Å². The molecule has 0 spiro atoms. The molecule has 0 aromatic heterocycles. The van der Waals surface area contributed by atoms with E-state index in [1.54, 1.807) is 23.1 Å². The third kappa shape index (κ3) is 4.47. The Kier molecular flexibility index (Phi) is 5.38. The Hall–Kier alpha value is -0.530. The van der Waals surface area contributed by atoms with Crippen molar-refractivity contribution in [2.24, 2.45) is 4.40 Å². The van der Waals surface area contributed by atoms with Crippen molar-refractivity contribution in [3.05, 3.63) is 30.3 Å². The highest BCUT2D eigenvalue weighted by Gasteiger charge is 2.35. The molecule has 0 atom stereocenters. The molecule has 1 heterocycles. The molecule has 0 saturated carbocycles. The Morgan fingerprint density at radius 1 is 1.14 bits per heavy atom. The molecule has 21 heavy (non-hydrogen) atoms. The lowest BCUT2D eigenvalue weighted by Gasteiger charge is -2.32. The highest BCUT2D eigenvalue weighted by molar-refractivity contribution is 7.90. The summed E-state index contributed by atoms with van der Waals surface area (Å²) in [5.41, 5.74) is 0. The number of ether oxygens (including phenoxy) is 1. The summed E-state index contributed by atoms with van der Waals surface area (Å²) in [4.78, 5) is 1.65. The number of alkyl halides is 3. The lowest BCUT2D eigenvalue weighted by molar-refractivity contribution is 0.0675. The van der Waals surface area contributed by atoms with Crippen LogP contribution in [0.15, 0.2) is 39.6 Å². The van der Waals surface area contributed by atoms with Gasteiger partial charge in [-0.05, 0) is 12.1 Å². The zero-order chi connectivity index (χ0) is 15.5. The van der Waals surface area contributed by atoms with Crippen molar-refractivity contribution in [1.29, 1.82) is 0 Å². The van der Waals surface area contributed by atoms with Crippen molar-refractivity contribution in [1.82, 2.24) is 4.90 Å². The van der Waals surface area contributed by atoms with Gasteiger partial charge in [-0.15, -0.1) is 4.40 Å². The average molecular weight is 372 g/mol. The Morgan fingerprint density at radius 2 is 1.71 bits per heavy atom. The van der Waals surface area contributed by atoms with E-state index in [1.165, 1.54) is 12.1 Å². The summed E-state index contributed by atoms with van der Waals surface area (Å²) >= 11 is 17.6. The molecular formula is C12H13Cl3N2O3S. The maximum Gasteiger partial charge on any atom is 0.284 e. The van der Waals surface area contributed by atoms with E-state index in [4.69, 9.17) is 39.5 Å². The van der Waals surface area contributed by atoms with Gasteiger partial charge in [-0.3, -0.25) is 0 Å². The van der Waals surface area contributed by atoms with E-state index in [9.17, 15) is 8.42 Å². The minimum atomic E-state index is -3.94. The van der Waals surface area contributed by atoms with Gasteiger partial charge in [0, 0.05) is 13.1 Å². The summed E-state index contributed by atoms with van der Waals surface area (Å²) in [5.74, 6) is -0.111. The molecule has 9 heteroatoms. The van der Waals surface area contributed by atoms with E-state index in [0.717, 1.165) is 0 Å². The molecule has 0 bridgehead atoms. The number of hydrogen-bond acceptors (Lipinski definition) is 3. The summed E-state index contributed by atoms with van der Waals surface area (Å²) < 4.78 is 31.6. The van der Waals surface area contributed by atoms with Crippen molar-refractivity contribution in [3.8, 4) is 0 Å². The molecule has 1 fully saturated rings. The van der Waals surface area contributed by atoms with Gasteiger partial charge in [-0.2, -0.15) is 8.42 Å². The molecular weight excluding hydrogens is 359 g/mol. The SMILES string of the molecule is O=S(=O)(N=C(N1CCOCC1)C(Cl)(Cl)Cl)c1ccccc1. The van der Waals surface area contributed by atoms with Crippen LogP contribution in [0.1, 0.15) is 0 Å². The van der Waals surface area contributed by atoms with Crippen molar-refractivity contribution in [2.75, 3.05) is 26.3 Å². The molecule has 0 N–H and O–H groups in total. The Bertz CT molecular complexity index is 608. The Labute approximate surface area is 138 Å². The van der Waals surface area contributed by atoms with E-state index < -0.39 is 13.8 Å². The van der Waals surface area contributed by atoms with Crippen LogP contribution in [0.25, 0.3) is 0 Å². The van der Waals surface area contributed by atoms with Gasteiger partial charge in [0.15, 0.2) is 5.84 Å². The standard InChI is InChI=1S/C12H13Cl3N2O3S/c13-12(14,15)11(17-6-8-20-9-7-17)16-21(18,19)10-4-2-1-3-5-10/h1-5H,6-9H2. The normalized spacial score (nSPS) is 17.9. The molecule has 1 aliphatic rings. The summed E-state index contributed by atoms with van der Waals surface area (Å²) in [7, 11) is -3.94. The average Bonchev–Trinajstić information content (AvgIpc) is 2.46. The summed E-state index contributed by atoms with van der Waals surface area (Å²) in [6.07, 6.45) is 0. The smallest absolute Gasteiger partial charge is 0.284 e. The fraction of sp³-hybridized carbons (Fsp3) is 0.417. The van der Waals surface area contributed by atoms with Gasteiger partial charge >= 0.3 is 0 Å². The quantitative estimate of drug-likeness (QED) is 0.455. The van der Waals surface area contributed by atoms with Gasteiger partial charge in [0.25, 0.3) is 10.0 Å². The zero-order valence-corrected chi connectivity index (χ0v) is 14.0. The molecule has 0 radical (unpaired) electrons. The predicted octanol–water partition coefficient (Wildman–Crippen LogP) is 2.48. The molecule has 0 aliphatic carbocycles. The van der Waals surface area contributed by atoms with Gasteiger partial charge in [-0.1, -0.05) is 53.0 Å². The summed E-state index contributed by atoms with van der Waals surface area (Å²) in [6, 6.07) is 7.79. The monoisotopic (exact) mass is 370 g/mol. The minimum Gasteiger partial charge on any atom is -0.378 e. The van der Waals surface area contributed by atoms with Crippen molar-refractivity contribution in [3.63, 3.8) is 0 Å². The van der Waals surface area contributed by atoms with Crippen LogP contribution >= 0.6 is 34.8 Å². The lowest BCUT2D eigenvalue weighted by atomic mass is 10.4. The number of hydrogen-bond donors (Lipinski definition) is 0. The van der Waals surface area contributed by atoms with Gasteiger partial charge in [0.05, 0.1) is 18.1 Å². The molecule has 1 aromatic carbocycles.